The zero-order chi connectivity index (χ0) is 14.2. The number of benzene rings is 1. The second-order valence-corrected chi connectivity index (χ2v) is 6.29. The molecule has 1 saturated carbocycles. The number of nitrogens with zero attached hydrogens (tertiary/aromatic N) is 1. The van der Waals surface area contributed by atoms with E-state index in [9.17, 15) is 8.78 Å². The van der Waals surface area contributed by atoms with Crippen LogP contribution in [0.4, 0.5) is 8.78 Å². The molecule has 19 heavy (non-hydrogen) atoms. The van der Waals surface area contributed by atoms with Crippen molar-refractivity contribution in [1.29, 1.82) is 0 Å². The van der Waals surface area contributed by atoms with Gasteiger partial charge in [0, 0.05) is 11.1 Å². The van der Waals surface area contributed by atoms with Gasteiger partial charge in [-0.3, -0.25) is 0 Å². The molecule has 0 bridgehead atoms. The van der Waals surface area contributed by atoms with E-state index in [1.165, 1.54) is 12.1 Å². The summed E-state index contributed by atoms with van der Waals surface area (Å²) in [5.41, 5.74) is 5.90. The Kier molecular flexibility index (Phi) is 4.28. The zero-order valence-corrected chi connectivity index (χ0v) is 12.8. The first kappa shape index (κ1) is 14.9. The summed E-state index contributed by atoms with van der Waals surface area (Å²) in [4.78, 5) is 2.02. The van der Waals surface area contributed by atoms with E-state index in [-0.39, 0.29) is 15.6 Å². The van der Waals surface area contributed by atoms with Gasteiger partial charge in [-0.1, -0.05) is 12.8 Å². The van der Waals surface area contributed by atoms with Crippen molar-refractivity contribution in [3.63, 3.8) is 0 Å². The second kappa shape index (κ2) is 5.46. The molecule has 1 atom stereocenters. The van der Waals surface area contributed by atoms with Crippen LogP contribution in [0.25, 0.3) is 0 Å². The maximum atomic E-state index is 14.2. The van der Waals surface area contributed by atoms with Gasteiger partial charge < -0.3 is 10.6 Å². The van der Waals surface area contributed by atoms with E-state index in [4.69, 9.17) is 5.73 Å². The molecule has 0 radical (unpaired) electrons. The van der Waals surface area contributed by atoms with Crippen LogP contribution in [0.15, 0.2) is 16.6 Å². The third-order valence-corrected chi connectivity index (χ3v) is 4.94. The zero-order valence-electron chi connectivity index (χ0n) is 11.2. The Bertz CT molecular complexity index is 471. The van der Waals surface area contributed by atoms with Crippen molar-refractivity contribution in [3.05, 3.63) is 33.8 Å². The van der Waals surface area contributed by atoms with Crippen molar-refractivity contribution in [2.24, 2.45) is 5.73 Å². The third kappa shape index (κ3) is 2.43. The molecule has 1 aromatic carbocycles. The quantitative estimate of drug-likeness (QED) is 0.857. The Morgan fingerprint density at radius 1 is 1.26 bits per heavy atom. The first-order chi connectivity index (χ1) is 8.90. The maximum Gasteiger partial charge on any atom is 0.145 e. The Morgan fingerprint density at radius 2 is 1.84 bits per heavy atom. The Labute approximate surface area is 121 Å². The lowest BCUT2D eigenvalue weighted by molar-refractivity contribution is 0.120. The average molecular weight is 333 g/mol. The molecular formula is C14H19BrF2N2. The highest BCUT2D eigenvalue weighted by molar-refractivity contribution is 9.10. The summed E-state index contributed by atoms with van der Waals surface area (Å²) in [6, 6.07) is 1.97. The van der Waals surface area contributed by atoms with E-state index in [0.717, 1.165) is 25.7 Å². The summed E-state index contributed by atoms with van der Waals surface area (Å²) in [7, 11) is 3.86. The highest BCUT2D eigenvalue weighted by Crippen LogP contribution is 2.43. The van der Waals surface area contributed by atoms with E-state index < -0.39 is 17.7 Å². The summed E-state index contributed by atoms with van der Waals surface area (Å²) < 4.78 is 28.5. The third-order valence-electron chi connectivity index (χ3n) is 4.33. The van der Waals surface area contributed by atoms with Crippen LogP contribution in [-0.2, 0) is 0 Å². The largest absolute Gasteiger partial charge is 0.322 e. The van der Waals surface area contributed by atoms with Gasteiger partial charge in [-0.2, -0.15) is 0 Å². The van der Waals surface area contributed by atoms with Crippen LogP contribution in [-0.4, -0.2) is 24.5 Å². The average Bonchev–Trinajstić information content (AvgIpc) is 2.85. The summed E-state index contributed by atoms with van der Waals surface area (Å²) in [6.45, 7) is 0. The van der Waals surface area contributed by atoms with Gasteiger partial charge in [-0.15, -0.1) is 0 Å². The monoisotopic (exact) mass is 332 g/mol. The fourth-order valence-corrected chi connectivity index (χ4v) is 3.47. The van der Waals surface area contributed by atoms with Crippen molar-refractivity contribution in [2.45, 2.75) is 37.3 Å². The highest BCUT2D eigenvalue weighted by Gasteiger charge is 2.44. The summed E-state index contributed by atoms with van der Waals surface area (Å²) >= 11 is 3.10. The standard InChI is InChI=1S/C14H19BrF2N2/c1-19(2)14(7-3-4-8-14)13(18)11-10(16)6-5-9(15)12(11)17/h5-6,13H,3-4,7-8,18H2,1-2H3. The number of hydrogen-bond acceptors (Lipinski definition) is 2. The van der Waals surface area contributed by atoms with Crippen LogP contribution in [0.5, 0.6) is 0 Å². The number of rotatable bonds is 3. The number of hydrogen-bond donors (Lipinski definition) is 1. The molecule has 0 aromatic heterocycles. The predicted octanol–water partition coefficient (Wildman–Crippen LogP) is 3.60. The van der Waals surface area contributed by atoms with E-state index in [2.05, 4.69) is 15.9 Å². The van der Waals surface area contributed by atoms with Gasteiger partial charge in [0.25, 0.3) is 0 Å². The van der Waals surface area contributed by atoms with Gasteiger partial charge in [0.2, 0.25) is 0 Å². The summed E-state index contributed by atoms with van der Waals surface area (Å²) in [5, 5.41) is 0. The first-order valence-corrected chi connectivity index (χ1v) is 7.26. The number of halogens is 3. The smallest absolute Gasteiger partial charge is 0.145 e. The Balaban J connectivity index is 2.49. The molecule has 1 aromatic rings. The summed E-state index contributed by atoms with van der Waals surface area (Å²) in [6.07, 6.45) is 3.82. The molecule has 1 aliphatic carbocycles. The highest BCUT2D eigenvalue weighted by atomic mass is 79.9. The topological polar surface area (TPSA) is 29.3 Å². The molecule has 0 heterocycles. The lowest BCUT2D eigenvalue weighted by Gasteiger charge is -2.41. The molecule has 0 saturated heterocycles. The van der Waals surface area contributed by atoms with Gasteiger partial charge in [0.15, 0.2) is 0 Å². The minimum Gasteiger partial charge on any atom is -0.322 e. The number of likely N-dealkylation sites (N-methyl/N-ethyl adjacent to an activating group) is 1. The minimum absolute atomic E-state index is 0.00928. The van der Waals surface area contributed by atoms with E-state index in [1.807, 2.05) is 19.0 Å². The van der Waals surface area contributed by atoms with Crippen LogP contribution in [0.1, 0.15) is 37.3 Å². The molecule has 1 fully saturated rings. The molecule has 0 aliphatic heterocycles. The molecule has 0 amide bonds. The molecule has 0 spiro atoms. The lowest BCUT2D eigenvalue weighted by Crippen LogP contribution is -2.50. The molecular weight excluding hydrogens is 314 g/mol. The van der Waals surface area contributed by atoms with Gasteiger partial charge in [-0.05, 0) is 55.0 Å². The maximum absolute atomic E-state index is 14.2. The SMILES string of the molecule is CN(C)C1(C(N)c2c(F)ccc(Br)c2F)CCCC1. The molecule has 2 rings (SSSR count). The molecule has 1 unspecified atom stereocenters. The Hall–Kier alpha value is -0.520. The van der Waals surface area contributed by atoms with Crippen LogP contribution < -0.4 is 5.73 Å². The predicted molar refractivity (Wildman–Crippen MR) is 75.9 cm³/mol. The second-order valence-electron chi connectivity index (χ2n) is 5.44. The van der Waals surface area contributed by atoms with Gasteiger partial charge in [0.05, 0.1) is 10.5 Å². The first-order valence-electron chi connectivity index (χ1n) is 6.46. The van der Waals surface area contributed by atoms with Crippen LogP contribution in [0.2, 0.25) is 0 Å². The van der Waals surface area contributed by atoms with Crippen molar-refractivity contribution in [2.75, 3.05) is 14.1 Å². The van der Waals surface area contributed by atoms with Gasteiger partial charge >= 0.3 is 0 Å². The molecule has 106 valence electrons. The Morgan fingerprint density at radius 3 is 2.37 bits per heavy atom. The molecule has 2 N–H and O–H groups in total. The van der Waals surface area contributed by atoms with Crippen molar-refractivity contribution in [3.8, 4) is 0 Å². The van der Waals surface area contributed by atoms with Crippen molar-refractivity contribution >= 4 is 15.9 Å². The fraction of sp³-hybridized carbons (Fsp3) is 0.571. The van der Waals surface area contributed by atoms with Gasteiger partial charge in [-0.25, -0.2) is 8.78 Å². The lowest BCUT2D eigenvalue weighted by atomic mass is 9.82. The van der Waals surface area contributed by atoms with Crippen LogP contribution in [0, 0.1) is 11.6 Å². The van der Waals surface area contributed by atoms with E-state index in [0.29, 0.717) is 0 Å². The van der Waals surface area contributed by atoms with Crippen LogP contribution >= 0.6 is 15.9 Å². The van der Waals surface area contributed by atoms with Gasteiger partial charge in [0.1, 0.15) is 11.6 Å². The van der Waals surface area contributed by atoms with E-state index in [1.54, 1.807) is 0 Å². The normalized spacial score (nSPS) is 19.9. The summed E-state index contributed by atoms with van der Waals surface area (Å²) in [5.74, 6) is -1.15. The fourth-order valence-electron chi connectivity index (χ4n) is 3.12. The molecule has 2 nitrogen and oxygen atoms in total. The molecule has 1 aliphatic rings. The van der Waals surface area contributed by atoms with Crippen molar-refractivity contribution in [1.82, 2.24) is 4.90 Å². The number of nitrogens with two attached hydrogens (primary N) is 1. The molecule has 5 heteroatoms. The van der Waals surface area contributed by atoms with Crippen molar-refractivity contribution < 1.29 is 8.78 Å². The minimum atomic E-state index is -0.664. The van der Waals surface area contributed by atoms with Crippen LogP contribution in [0.3, 0.4) is 0 Å². The van der Waals surface area contributed by atoms with E-state index >= 15 is 0 Å².